The van der Waals surface area contributed by atoms with Gasteiger partial charge in [0, 0.05) is 23.6 Å². The molecule has 0 fully saturated rings. The summed E-state index contributed by atoms with van der Waals surface area (Å²) >= 11 is 0. The van der Waals surface area contributed by atoms with Crippen molar-refractivity contribution < 1.29 is 24.2 Å². The number of nitrogens with zero attached hydrogens (tertiary/aromatic N) is 4. The van der Waals surface area contributed by atoms with Crippen molar-refractivity contribution in [3.8, 4) is 17.2 Å². The molecule has 2 aliphatic rings. The molecule has 11 nitrogen and oxygen atoms in total. The minimum Gasteiger partial charge on any atom is -0.493 e. The molecule has 0 amide bonds. The number of allylic oxidation sites excluding steroid dienone is 1. The van der Waals surface area contributed by atoms with E-state index in [1.165, 1.54) is 16.3 Å². The quantitative estimate of drug-likeness (QED) is 0.336. The molecule has 2 aliphatic heterocycles. The molecule has 5 rings (SSSR count). The maximum atomic E-state index is 13.8. The highest BCUT2D eigenvalue weighted by Crippen LogP contribution is 2.47. The summed E-state index contributed by atoms with van der Waals surface area (Å²) in [5.41, 5.74) is 0.678. The van der Waals surface area contributed by atoms with E-state index in [-0.39, 0.29) is 18.9 Å². The van der Waals surface area contributed by atoms with Crippen LogP contribution in [-0.2, 0) is 11.3 Å². The zero-order valence-corrected chi connectivity index (χ0v) is 23.1. The summed E-state index contributed by atoms with van der Waals surface area (Å²) in [5.74, 6) is -0.00431. The zero-order chi connectivity index (χ0) is 28.9. The van der Waals surface area contributed by atoms with Crippen LogP contribution in [0.15, 0.2) is 63.7 Å². The van der Waals surface area contributed by atoms with Gasteiger partial charge >= 0.3 is 17.3 Å². The Kier molecular flexibility index (Phi) is 6.79. The number of hydrogen-bond donors (Lipinski definition) is 1. The van der Waals surface area contributed by atoms with Crippen LogP contribution < -0.4 is 20.9 Å². The first-order valence-electron chi connectivity index (χ1n) is 13.0. The molecule has 3 aromatic rings. The van der Waals surface area contributed by atoms with Gasteiger partial charge in [-0.05, 0) is 76.8 Å². The number of aromatic nitrogens is 3. The lowest BCUT2D eigenvalue weighted by Gasteiger charge is -2.42. The predicted octanol–water partition coefficient (Wildman–Crippen LogP) is 2.49. The van der Waals surface area contributed by atoms with Crippen molar-refractivity contribution in [2.24, 2.45) is 0 Å². The van der Waals surface area contributed by atoms with E-state index in [9.17, 15) is 24.3 Å². The summed E-state index contributed by atoms with van der Waals surface area (Å²) in [4.78, 5) is 52.0. The van der Waals surface area contributed by atoms with E-state index in [1.54, 1.807) is 55.4 Å². The number of aliphatic carboxylic acids is 1. The largest absolute Gasteiger partial charge is 0.493 e. The molecule has 0 saturated heterocycles. The van der Waals surface area contributed by atoms with Crippen LogP contribution in [0, 0.1) is 0 Å². The van der Waals surface area contributed by atoms with Crippen LogP contribution in [0.3, 0.4) is 0 Å². The highest BCUT2D eigenvalue weighted by Gasteiger charge is 2.44. The average Bonchev–Trinajstić information content (AvgIpc) is 3.15. The summed E-state index contributed by atoms with van der Waals surface area (Å²) < 4.78 is 16.2. The molecule has 0 radical (unpaired) electrons. The second-order valence-corrected chi connectivity index (χ2v) is 10.8. The Morgan fingerprint density at radius 3 is 2.45 bits per heavy atom. The molecule has 1 aromatic heterocycles. The van der Waals surface area contributed by atoms with Crippen molar-refractivity contribution in [2.45, 2.75) is 51.4 Å². The topological polar surface area (TPSA) is 125 Å². The maximum Gasteiger partial charge on any atom is 0.352 e. The van der Waals surface area contributed by atoms with Crippen LogP contribution in [-0.4, -0.2) is 68.0 Å². The van der Waals surface area contributed by atoms with Crippen LogP contribution in [0.25, 0.3) is 5.69 Å². The smallest absolute Gasteiger partial charge is 0.352 e. The van der Waals surface area contributed by atoms with E-state index in [4.69, 9.17) is 9.47 Å². The highest BCUT2D eigenvalue weighted by atomic mass is 16.5. The van der Waals surface area contributed by atoms with E-state index >= 15 is 0 Å². The number of likely N-dealkylation sites (N-methyl/N-ethyl adjacent to an activating group) is 1. The number of carboxylic acids is 1. The zero-order valence-electron chi connectivity index (χ0n) is 23.1. The summed E-state index contributed by atoms with van der Waals surface area (Å²) in [6.45, 7) is 5.67. The molecule has 0 spiro atoms. The molecule has 11 heteroatoms. The highest BCUT2D eigenvalue weighted by molar-refractivity contribution is 5.94. The second kappa shape index (κ2) is 9.98. The van der Waals surface area contributed by atoms with Crippen LogP contribution >= 0.6 is 0 Å². The Balaban J connectivity index is 1.52. The lowest BCUT2D eigenvalue weighted by atomic mass is 9.83. The van der Waals surface area contributed by atoms with E-state index in [2.05, 4.69) is 0 Å². The van der Waals surface area contributed by atoms with Gasteiger partial charge in [-0.1, -0.05) is 6.08 Å². The fraction of sp³-hybridized carbons (Fsp3) is 0.379. The van der Waals surface area contributed by atoms with Gasteiger partial charge < -0.3 is 14.6 Å². The summed E-state index contributed by atoms with van der Waals surface area (Å²) in [5, 5.41) is 9.41. The molecular weight excluding hydrogens is 516 g/mol. The van der Waals surface area contributed by atoms with E-state index in [0.29, 0.717) is 34.7 Å². The number of ketones is 1. The Bertz CT molecular complexity index is 1640. The third-order valence-corrected chi connectivity index (χ3v) is 7.52. The molecule has 0 bridgehead atoms. The number of ether oxygens (including phenoxy) is 2. The molecule has 2 atom stereocenters. The molecule has 40 heavy (non-hydrogen) atoms. The molecule has 210 valence electrons. The van der Waals surface area contributed by atoms with Crippen molar-refractivity contribution in [3.63, 3.8) is 0 Å². The fourth-order valence-electron chi connectivity index (χ4n) is 5.42. The number of carbonyl (C=O) groups excluding carboxylic acids is 1. The van der Waals surface area contributed by atoms with Gasteiger partial charge in [0.25, 0.3) is 0 Å². The van der Waals surface area contributed by atoms with Crippen molar-refractivity contribution >= 4 is 11.8 Å². The number of hydrogen-bond acceptors (Lipinski definition) is 7. The van der Waals surface area contributed by atoms with Crippen LogP contribution in [0.1, 0.15) is 49.2 Å². The Labute approximate surface area is 230 Å². The average molecular weight is 549 g/mol. The third kappa shape index (κ3) is 4.56. The number of carbonyl (C=O) groups is 2. The van der Waals surface area contributed by atoms with E-state index < -0.39 is 35.0 Å². The third-order valence-electron chi connectivity index (χ3n) is 7.52. The summed E-state index contributed by atoms with van der Waals surface area (Å²) in [7, 11) is 3.41. The summed E-state index contributed by atoms with van der Waals surface area (Å²) in [6, 6.07) is 10.4. The number of Topliss-reactive ketones (excluding diaryl/α,β-unsaturated/α-hetero) is 1. The van der Waals surface area contributed by atoms with E-state index in [1.807, 2.05) is 26.0 Å². The number of rotatable bonds is 8. The van der Waals surface area contributed by atoms with Gasteiger partial charge in [-0.25, -0.2) is 23.5 Å². The standard InChI is InChI=1S/C29H32N4O7/c1-17(34)18-6-8-19(9-7-18)32-27(37)31-14-12-22-25(33(31)28(32)38)21-11-10-20(16-24(21)40-29(22,2)3)39-15-13-23(26(35)36)30(4)5/h6-12,16,23,25H,13-15H2,1-5H3,(H,35,36). The van der Waals surface area contributed by atoms with Gasteiger partial charge in [-0.3, -0.25) is 14.5 Å². The lowest BCUT2D eigenvalue weighted by molar-refractivity contribution is -0.142. The van der Waals surface area contributed by atoms with Gasteiger partial charge in [0.1, 0.15) is 29.2 Å². The first-order chi connectivity index (χ1) is 18.9. The first kappa shape index (κ1) is 27.2. The Hall–Kier alpha value is -4.38. The molecule has 2 aromatic carbocycles. The van der Waals surface area contributed by atoms with Gasteiger partial charge in [-0.2, -0.15) is 0 Å². The second-order valence-electron chi connectivity index (χ2n) is 10.8. The normalized spacial score (nSPS) is 17.6. The lowest BCUT2D eigenvalue weighted by Crippen LogP contribution is -2.46. The molecular formula is C29H32N4O7. The maximum absolute atomic E-state index is 13.8. The van der Waals surface area contributed by atoms with Crippen LogP contribution in [0.4, 0.5) is 0 Å². The van der Waals surface area contributed by atoms with Gasteiger partial charge in [-0.15, -0.1) is 0 Å². The molecule has 0 saturated carbocycles. The van der Waals surface area contributed by atoms with Crippen molar-refractivity contribution in [1.82, 2.24) is 18.8 Å². The predicted molar refractivity (Wildman–Crippen MR) is 147 cm³/mol. The Morgan fingerprint density at radius 1 is 1.12 bits per heavy atom. The van der Waals surface area contributed by atoms with Crippen molar-refractivity contribution in [1.29, 1.82) is 0 Å². The number of fused-ring (bicyclic) bond motifs is 5. The number of benzene rings is 2. The van der Waals surface area contributed by atoms with Gasteiger partial charge in [0.15, 0.2) is 5.78 Å². The van der Waals surface area contributed by atoms with Crippen LogP contribution in [0.5, 0.6) is 11.5 Å². The minimum atomic E-state index is -0.918. The molecule has 2 unspecified atom stereocenters. The van der Waals surface area contributed by atoms with Gasteiger partial charge in [0.05, 0.1) is 18.8 Å². The summed E-state index contributed by atoms with van der Waals surface area (Å²) in [6.07, 6.45) is 2.22. The van der Waals surface area contributed by atoms with Crippen molar-refractivity contribution in [3.05, 3.63) is 86.2 Å². The monoisotopic (exact) mass is 548 g/mol. The van der Waals surface area contributed by atoms with Crippen LogP contribution in [0.2, 0.25) is 0 Å². The number of carboxylic acid groups (broad SMARTS) is 1. The first-order valence-corrected chi connectivity index (χ1v) is 13.0. The van der Waals surface area contributed by atoms with Crippen molar-refractivity contribution in [2.75, 3.05) is 20.7 Å². The molecule has 1 N–H and O–H groups in total. The Morgan fingerprint density at radius 2 is 1.82 bits per heavy atom. The SMILES string of the molecule is CC(=O)c1ccc(-n2c(=O)n3n(c2=O)C2C(=CC3)C(C)(C)Oc3cc(OCCC(C(=O)O)N(C)C)ccc32)cc1. The fourth-order valence-corrected chi connectivity index (χ4v) is 5.42. The minimum absolute atomic E-state index is 0.107. The van der Waals surface area contributed by atoms with E-state index in [0.717, 1.165) is 10.1 Å². The van der Waals surface area contributed by atoms with Gasteiger partial charge in [0.2, 0.25) is 0 Å². The molecule has 0 aliphatic carbocycles. The molecule has 3 heterocycles.